The molecule has 0 radical (unpaired) electrons. The lowest BCUT2D eigenvalue weighted by Crippen LogP contribution is -2.22. The van der Waals surface area contributed by atoms with Gasteiger partial charge in [0.2, 0.25) is 0 Å². The normalized spacial score (nSPS) is 10.2. The van der Waals surface area contributed by atoms with Gasteiger partial charge >= 0.3 is 0 Å². The summed E-state index contributed by atoms with van der Waals surface area (Å²) in [6.07, 6.45) is 0. The lowest BCUT2D eigenvalue weighted by atomic mass is 10.2. The van der Waals surface area contributed by atoms with Crippen molar-refractivity contribution in [2.75, 3.05) is 0 Å². The van der Waals surface area contributed by atoms with Gasteiger partial charge in [-0.3, -0.25) is 4.79 Å². The maximum Gasteiger partial charge on any atom is 0.251 e. The van der Waals surface area contributed by atoms with Gasteiger partial charge in [-0.1, -0.05) is 11.6 Å². The smallest absolute Gasteiger partial charge is 0.251 e. The van der Waals surface area contributed by atoms with Crippen molar-refractivity contribution in [1.82, 2.24) is 10.3 Å². The number of carbonyl (C=O) groups is 1. The summed E-state index contributed by atoms with van der Waals surface area (Å²) >= 11 is 9.59. The molecule has 0 bridgehead atoms. The Kier molecular flexibility index (Phi) is 4.36. The molecule has 0 saturated heterocycles. The van der Waals surface area contributed by atoms with Crippen LogP contribution < -0.4 is 5.32 Å². The largest absolute Gasteiger partial charge is 0.346 e. The highest BCUT2D eigenvalue weighted by Crippen LogP contribution is 2.19. The zero-order chi connectivity index (χ0) is 12.3. The summed E-state index contributed by atoms with van der Waals surface area (Å²) < 4.78 is 0.931. The summed E-state index contributed by atoms with van der Waals surface area (Å²) in [5, 5.41) is 5.29. The molecule has 1 N–H and O–H groups in total. The maximum absolute atomic E-state index is 11.8. The van der Waals surface area contributed by atoms with Gasteiger partial charge in [0.05, 0.1) is 22.8 Å². The lowest BCUT2D eigenvalue weighted by Gasteiger charge is -2.04. The second kappa shape index (κ2) is 5.79. The van der Waals surface area contributed by atoms with E-state index in [4.69, 9.17) is 11.6 Å². The second-order valence-corrected chi connectivity index (χ2v) is 5.58. The highest BCUT2D eigenvalue weighted by atomic mass is 127. The molecule has 6 heteroatoms. The zero-order valence-corrected chi connectivity index (χ0v) is 12.3. The van der Waals surface area contributed by atoms with Crippen LogP contribution in [0.3, 0.4) is 0 Å². The molecule has 17 heavy (non-hydrogen) atoms. The summed E-state index contributed by atoms with van der Waals surface area (Å²) in [6.45, 7) is 0.436. The molecular weight excluding hydrogens is 371 g/mol. The van der Waals surface area contributed by atoms with E-state index in [0.29, 0.717) is 17.1 Å². The molecule has 0 aliphatic rings. The molecule has 3 nitrogen and oxygen atoms in total. The maximum atomic E-state index is 11.8. The summed E-state index contributed by atoms with van der Waals surface area (Å²) in [7, 11) is 0. The first-order chi connectivity index (χ1) is 8.16. The van der Waals surface area contributed by atoms with Crippen molar-refractivity contribution < 1.29 is 4.79 Å². The third kappa shape index (κ3) is 3.40. The Balaban J connectivity index is 2.02. The van der Waals surface area contributed by atoms with Crippen molar-refractivity contribution in [1.29, 1.82) is 0 Å². The molecule has 0 aliphatic heterocycles. The summed E-state index contributed by atoms with van der Waals surface area (Å²) in [5.74, 6) is -0.142. The van der Waals surface area contributed by atoms with E-state index in [2.05, 4.69) is 32.9 Å². The van der Waals surface area contributed by atoms with Gasteiger partial charge in [0, 0.05) is 14.5 Å². The first-order valence-electron chi connectivity index (χ1n) is 4.77. The molecule has 0 atom stereocenters. The van der Waals surface area contributed by atoms with Crippen molar-refractivity contribution in [2.45, 2.75) is 6.54 Å². The number of amides is 1. The number of aromatic nitrogens is 1. The summed E-state index contributed by atoms with van der Waals surface area (Å²) in [5.41, 5.74) is 3.16. The molecular formula is C11H8ClIN2OS. The number of carbonyl (C=O) groups excluding carboxylic acids is 1. The molecule has 1 aromatic heterocycles. The number of benzene rings is 1. The summed E-state index contributed by atoms with van der Waals surface area (Å²) in [6, 6.07) is 5.24. The topological polar surface area (TPSA) is 42.0 Å². The quantitative estimate of drug-likeness (QED) is 0.833. The van der Waals surface area contributed by atoms with E-state index in [1.165, 1.54) is 11.3 Å². The Morgan fingerprint density at radius 3 is 3.00 bits per heavy atom. The molecule has 0 spiro atoms. The van der Waals surface area contributed by atoms with Gasteiger partial charge in [0.15, 0.2) is 0 Å². The van der Waals surface area contributed by atoms with Crippen LogP contribution in [0, 0.1) is 3.57 Å². The third-order valence-corrected chi connectivity index (χ3v) is 4.30. The van der Waals surface area contributed by atoms with Crippen LogP contribution in [-0.2, 0) is 6.54 Å². The molecule has 0 fully saturated rings. The van der Waals surface area contributed by atoms with Crippen molar-refractivity contribution in [3.63, 3.8) is 0 Å². The molecule has 1 heterocycles. The van der Waals surface area contributed by atoms with Crippen molar-refractivity contribution >= 4 is 51.4 Å². The van der Waals surface area contributed by atoms with Gasteiger partial charge in [-0.25, -0.2) is 4.98 Å². The Morgan fingerprint density at radius 1 is 1.53 bits per heavy atom. The molecule has 2 aromatic rings. The minimum atomic E-state index is -0.142. The SMILES string of the molecule is O=C(NCc1cscn1)c1ccc(I)c(Cl)c1. The van der Waals surface area contributed by atoms with E-state index < -0.39 is 0 Å². The monoisotopic (exact) mass is 378 g/mol. The standard InChI is InChI=1S/C11H8ClIN2OS/c12-9-3-7(1-2-10(9)13)11(16)14-4-8-5-17-6-15-8/h1-3,5-6H,4H2,(H,14,16). The molecule has 2 rings (SSSR count). The highest BCUT2D eigenvalue weighted by Gasteiger charge is 2.07. The number of nitrogens with zero attached hydrogens (tertiary/aromatic N) is 1. The highest BCUT2D eigenvalue weighted by molar-refractivity contribution is 14.1. The predicted molar refractivity (Wildman–Crippen MR) is 77.5 cm³/mol. The minimum absolute atomic E-state index is 0.142. The van der Waals surface area contributed by atoms with E-state index in [-0.39, 0.29) is 5.91 Å². The summed E-state index contributed by atoms with van der Waals surface area (Å²) in [4.78, 5) is 15.9. The van der Waals surface area contributed by atoms with E-state index >= 15 is 0 Å². The zero-order valence-electron chi connectivity index (χ0n) is 8.61. The second-order valence-electron chi connectivity index (χ2n) is 3.29. The van der Waals surface area contributed by atoms with Gasteiger partial charge in [0.25, 0.3) is 5.91 Å². The van der Waals surface area contributed by atoms with E-state index in [9.17, 15) is 4.79 Å². The number of halogens is 2. The fourth-order valence-electron chi connectivity index (χ4n) is 1.24. The van der Waals surface area contributed by atoms with Crippen LogP contribution in [0.15, 0.2) is 29.1 Å². The first kappa shape index (κ1) is 12.8. The third-order valence-electron chi connectivity index (χ3n) is 2.10. The fourth-order valence-corrected chi connectivity index (χ4v) is 2.31. The average molecular weight is 379 g/mol. The van der Waals surface area contributed by atoms with E-state index in [1.807, 2.05) is 11.4 Å². The molecule has 0 aliphatic carbocycles. The number of thiazole rings is 1. The van der Waals surface area contributed by atoms with Crippen LogP contribution in [0.5, 0.6) is 0 Å². The fraction of sp³-hybridized carbons (Fsp3) is 0.0909. The van der Waals surface area contributed by atoms with Gasteiger partial charge in [-0.15, -0.1) is 11.3 Å². The number of nitrogens with one attached hydrogen (secondary N) is 1. The van der Waals surface area contributed by atoms with Gasteiger partial charge in [-0.05, 0) is 40.8 Å². The predicted octanol–water partition coefficient (Wildman–Crippen LogP) is 3.33. The average Bonchev–Trinajstić information content (AvgIpc) is 2.82. The van der Waals surface area contributed by atoms with Crippen LogP contribution in [0.4, 0.5) is 0 Å². The first-order valence-corrected chi connectivity index (χ1v) is 7.17. The molecule has 1 aromatic carbocycles. The van der Waals surface area contributed by atoms with Gasteiger partial charge in [-0.2, -0.15) is 0 Å². The Bertz CT molecular complexity index is 530. The van der Waals surface area contributed by atoms with Crippen molar-refractivity contribution in [3.05, 3.63) is 48.9 Å². The van der Waals surface area contributed by atoms with Crippen LogP contribution in [0.2, 0.25) is 5.02 Å². The molecule has 0 unspecified atom stereocenters. The number of hydrogen-bond acceptors (Lipinski definition) is 3. The molecule has 0 saturated carbocycles. The lowest BCUT2D eigenvalue weighted by molar-refractivity contribution is 0.0950. The van der Waals surface area contributed by atoms with Crippen LogP contribution in [0.25, 0.3) is 0 Å². The molecule has 88 valence electrons. The van der Waals surface area contributed by atoms with Crippen LogP contribution in [-0.4, -0.2) is 10.9 Å². The van der Waals surface area contributed by atoms with E-state index in [1.54, 1.807) is 17.6 Å². The minimum Gasteiger partial charge on any atom is -0.346 e. The Hall–Kier alpha value is -0.660. The van der Waals surface area contributed by atoms with Gasteiger partial charge < -0.3 is 5.32 Å². The van der Waals surface area contributed by atoms with Gasteiger partial charge in [0.1, 0.15) is 0 Å². The van der Waals surface area contributed by atoms with Crippen LogP contribution in [0.1, 0.15) is 16.1 Å². The number of hydrogen-bond donors (Lipinski definition) is 1. The Morgan fingerprint density at radius 2 is 2.35 bits per heavy atom. The molecule has 1 amide bonds. The van der Waals surface area contributed by atoms with Crippen molar-refractivity contribution in [2.24, 2.45) is 0 Å². The van der Waals surface area contributed by atoms with Crippen molar-refractivity contribution in [3.8, 4) is 0 Å². The Labute approximate surface area is 121 Å². The van der Waals surface area contributed by atoms with E-state index in [0.717, 1.165) is 9.26 Å². The van der Waals surface area contributed by atoms with Crippen LogP contribution >= 0.6 is 45.5 Å². The number of rotatable bonds is 3.